The maximum Gasteiger partial charge on any atom is 1.00 e. The Morgan fingerprint density at radius 1 is 0.353 bits per heavy atom. The molecule has 5 N–H and O–H groups in total. The van der Waals surface area contributed by atoms with Crippen LogP contribution in [0, 0.1) is 0 Å². The zero-order valence-corrected chi connectivity index (χ0v) is 70.2. The number of rotatable bonds is 26. The van der Waals surface area contributed by atoms with E-state index in [4.69, 9.17) is 91.8 Å². The number of aromatic hydroxyl groups is 5. The van der Waals surface area contributed by atoms with Gasteiger partial charge < -0.3 is 116 Å². The summed E-state index contributed by atoms with van der Waals surface area (Å²) in [5.41, 5.74) is 1.31. The van der Waals surface area contributed by atoms with E-state index in [9.17, 15) is 69.3 Å². The Bertz CT molecular complexity index is 5100. The number of phenolic OH excluding ortho intramolecular Hbond substituents is 5. The van der Waals surface area contributed by atoms with E-state index in [1.165, 1.54) is 175 Å². The van der Waals surface area contributed by atoms with Gasteiger partial charge in [0.2, 0.25) is 0 Å². The number of phenols is 5. The van der Waals surface area contributed by atoms with E-state index in [0.29, 0.717) is 85.5 Å². The molecule has 0 saturated carbocycles. The van der Waals surface area contributed by atoms with Crippen molar-refractivity contribution in [2.24, 2.45) is 0 Å². The normalized spacial score (nSPS) is 9.75. The van der Waals surface area contributed by atoms with Crippen molar-refractivity contribution in [1.82, 2.24) is 0 Å². The van der Waals surface area contributed by atoms with E-state index < -0.39 is 34.7 Å². The molecular weight excluding hydrogens is 1570 g/mol. The van der Waals surface area contributed by atoms with Crippen LogP contribution >= 0.6 is 11.6 Å². The Balaban J connectivity index is 0.000000481. The third-order valence-corrected chi connectivity index (χ3v) is 16.5. The van der Waals surface area contributed by atoms with Gasteiger partial charge >= 0.3 is 37.7 Å². The van der Waals surface area contributed by atoms with E-state index in [1.807, 2.05) is 0 Å². The van der Waals surface area contributed by atoms with Crippen molar-refractivity contribution in [2.75, 3.05) is 114 Å². The molecule has 31 nitrogen and oxygen atoms in total. The van der Waals surface area contributed by atoms with Gasteiger partial charge in [-0.05, 0) is 136 Å². The number of ketones is 5. The first-order valence-electron chi connectivity index (χ1n) is 34.0. The van der Waals surface area contributed by atoms with Gasteiger partial charge in [-0.1, -0.05) is 36.1 Å². The zero-order valence-electron chi connectivity index (χ0n) is 69.4. The smallest absolute Gasteiger partial charge is 0.872 e. The fourth-order valence-corrected chi connectivity index (χ4v) is 11.2. The number of methoxy groups -OCH3 is 16. The van der Waals surface area contributed by atoms with Crippen LogP contribution in [0.4, 0.5) is 0 Å². The second-order valence-corrected chi connectivity index (χ2v) is 23.4. The van der Waals surface area contributed by atoms with Gasteiger partial charge in [0.1, 0.15) is 119 Å². The van der Waals surface area contributed by atoms with Crippen molar-refractivity contribution in [3.05, 3.63) is 195 Å². The third kappa shape index (κ3) is 25.7. The minimum atomic E-state index is -0.615. The number of fused-ring (bicyclic) bond motifs is 1. The molecule has 0 radical (unpaired) electrons. The van der Waals surface area contributed by atoms with Crippen molar-refractivity contribution in [3.8, 4) is 138 Å². The SMILES string of the molecule is C=C([O-])c1c([O-])ccc(OC)c1OC.COc1c(O)ccc(O)c1C(C)=O.COc1ccc(O)c(C(=O)CC(=O)c2c(OC)cccc2OC)c1OC.COc1ccc(O)c(C(C)=O)c1OC.COc1cccc(O)c1C(C)=O.COc1cccc(OC)c1-c1cc(=O)c2c(OC)c(OC)ccc2o1.COc1cccc(OC)c1C(=O)Cl.[Li+].[Li+]. The maximum absolute atomic E-state index is 12.7. The van der Waals surface area contributed by atoms with Crippen LogP contribution in [-0.2, 0) is 0 Å². The fourth-order valence-electron chi connectivity index (χ4n) is 11.0. The Morgan fingerprint density at radius 2 is 0.655 bits per heavy atom. The predicted octanol–water partition coefficient (Wildman–Crippen LogP) is 7.10. The van der Waals surface area contributed by atoms with Crippen LogP contribution in [0.2, 0.25) is 0 Å². The number of Topliss-reactive ketones (excluding diaryl/α,β-unsaturated/α-hetero) is 5. The van der Waals surface area contributed by atoms with Crippen LogP contribution in [0.5, 0.6) is 126 Å². The predicted molar refractivity (Wildman–Crippen MR) is 428 cm³/mol. The van der Waals surface area contributed by atoms with Gasteiger partial charge in [-0.3, -0.25) is 33.6 Å². The molecule has 119 heavy (non-hydrogen) atoms. The second kappa shape index (κ2) is 49.7. The summed E-state index contributed by atoms with van der Waals surface area (Å²) in [6.07, 6.45) is -0.506. The van der Waals surface area contributed by atoms with Crippen molar-refractivity contribution in [2.45, 2.75) is 27.2 Å². The minimum absolute atomic E-state index is 0. The molecule has 10 rings (SSSR count). The van der Waals surface area contributed by atoms with Crippen molar-refractivity contribution in [1.29, 1.82) is 0 Å². The number of carbonyl (C=O) groups excluding carboxylic acids is 6. The molecule has 0 atom stereocenters. The first-order valence-corrected chi connectivity index (χ1v) is 34.4. The second-order valence-electron chi connectivity index (χ2n) is 23.1. The molecule has 0 amide bonds. The van der Waals surface area contributed by atoms with Gasteiger partial charge in [0.15, 0.2) is 91.8 Å². The van der Waals surface area contributed by atoms with Gasteiger partial charge in [0, 0.05) is 11.6 Å². The third-order valence-electron chi connectivity index (χ3n) is 16.3. The molecule has 0 aliphatic carbocycles. The average molecular weight is 1660 g/mol. The van der Waals surface area contributed by atoms with Crippen LogP contribution in [-0.4, -0.2) is 173 Å². The number of halogens is 1. The maximum atomic E-state index is 12.7. The number of benzene rings is 9. The van der Waals surface area contributed by atoms with Gasteiger partial charge in [0.05, 0.1) is 120 Å². The number of hydrogen-bond donors (Lipinski definition) is 5. The fraction of sp³-hybridized carbons (Fsp3) is 0.235. The molecule has 624 valence electrons. The number of carbonyl (C=O) groups is 6. The van der Waals surface area contributed by atoms with Gasteiger partial charge in [-0.25, -0.2) is 0 Å². The summed E-state index contributed by atoms with van der Waals surface area (Å²) < 4.78 is 87.5. The topological polar surface area (TPSA) is 428 Å². The first-order chi connectivity index (χ1) is 55.8. The van der Waals surface area contributed by atoms with Crippen molar-refractivity contribution < 1.29 is 182 Å². The van der Waals surface area contributed by atoms with E-state index in [0.717, 1.165) is 0 Å². The van der Waals surface area contributed by atoms with E-state index >= 15 is 0 Å². The number of ether oxygens (including phenoxy) is 16. The molecule has 0 unspecified atom stereocenters. The molecule has 0 spiro atoms. The quantitative estimate of drug-likeness (QED) is 0.00900. The molecule has 34 heteroatoms. The Kier molecular flexibility index (Phi) is 42.5. The largest absolute Gasteiger partial charge is 1.00 e. The molecule has 0 bridgehead atoms. The molecule has 0 aliphatic rings. The monoisotopic (exact) mass is 1650 g/mol. The Labute approximate surface area is 714 Å². The van der Waals surface area contributed by atoms with E-state index in [-0.39, 0.29) is 157 Å². The van der Waals surface area contributed by atoms with Crippen LogP contribution in [0.25, 0.3) is 28.1 Å². The average Bonchev–Trinajstić information content (AvgIpc) is 0.764. The van der Waals surface area contributed by atoms with E-state index in [1.54, 1.807) is 99.1 Å². The molecule has 0 aliphatic heterocycles. The summed E-state index contributed by atoms with van der Waals surface area (Å²) in [7, 11) is 23.1. The zero-order chi connectivity index (χ0) is 87.7. The summed E-state index contributed by atoms with van der Waals surface area (Å²) in [4.78, 5) is 82.4. The first kappa shape index (κ1) is 102. The summed E-state index contributed by atoms with van der Waals surface area (Å²) in [5, 5.41) is 69.5. The van der Waals surface area contributed by atoms with Gasteiger partial charge in [-0.15, -0.1) is 12.3 Å². The molecule has 9 aromatic carbocycles. The van der Waals surface area contributed by atoms with Crippen LogP contribution in [0.1, 0.15) is 94.9 Å². The molecular formula is C85H89ClLi2O31. The van der Waals surface area contributed by atoms with Gasteiger partial charge in [0.25, 0.3) is 5.24 Å². The molecule has 0 fully saturated rings. The Morgan fingerprint density at radius 3 is 1.03 bits per heavy atom. The summed E-state index contributed by atoms with van der Waals surface area (Å²) in [5.74, 6) is 1.86. The van der Waals surface area contributed by atoms with Crippen LogP contribution in [0.15, 0.2) is 155 Å². The molecule has 10 aromatic rings. The van der Waals surface area contributed by atoms with E-state index in [2.05, 4.69) is 6.58 Å². The van der Waals surface area contributed by atoms with Crippen molar-refractivity contribution >= 4 is 62.5 Å². The Hall–Kier alpha value is -13.2. The minimum Gasteiger partial charge on any atom is -0.872 e. The molecule has 0 saturated heterocycles. The van der Waals surface area contributed by atoms with Crippen LogP contribution < -0.4 is 129 Å². The summed E-state index contributed by atoms with van der Waals surface area (Å²) in [6, 6.07) is 35.7. The number of hydrogen-bond acceptors (Lipinski definition) is 31. The summed E-state index contributed by atoms with van der Waals surface area (Å²) in [6.45, 7) is 7.21. The summed E-state index contributed by atoms with van der Waals surface area (Å²) >= 11 is 5.37. The van der Waals surface area contributed by atoms with Crippen LogP contribution in [0.3, 0.4) is 0 Å². The van der Waals surface area contributed by atoms with Gasteiger partial charge in [-0.2, -0.15) is 0 Å². The standard InChI is InChI=1S/C19H20O7.C19H18O6.2C10H12O4.C9H9ClO3.C9H10O4.C9H10O3.2Li/c1-23-14-6-5-7-15(24-2)18(14)13(22)10-12(21)17-11(20)8-9-16(25-3)19(17)26-4;1-21-12-6-5-7-13(22-2)18(12)16-10-11(20)17-14(25-16)8-9-15(23-3)19(17)24-4;2*1-6(11)9-7(12)4-5-8(13-2)10(9)14-3;1-12-6-4-3-5-7(13-2)8(6)9(10)11;1-5(10)8-6(11)3-4-7(12)9(8)13-2;1-6(10)9-7(11)4-3-5-8(9)12-2;;/h5-9,20H,10H2,1-4H3;5-10H,1-4H3;4-5,12H,1-3H3;4-5,11-12H,1H2,2-3H3;3-5H,1-2H3;3-4,11-12H,1-2H3;3-5,11H,1-2H3;;/q;;;;;;;2*+1/p-2. The molecule has 1 heterocycles. The van der Waals surface area contributed by atoms with Crippen molar-refractivity contribution in [3.63, 3.8) is 0 Å². The molecule has 1 aromatic heterocycles.